The predicted octanol–water partition coefficient (Wildman–Crippen LogP) is 3.63. The van der Waals surface area contributed by atoms with Gasteiger partial charge in [0.15, 0.2) is 0 Å². The summed E-state index contributed by atoms with van der Waals surface area (Å²) in [5.41, 5.74) is 4.09. The maximum atomic E-state index is 13.3. The number of fused-ring (bicyclic) bond motifs is 2. The van der Waals surface area contributed by atoms with E-state index in [1.807, 2.05) is 23.1 Å². The molecule has 0 radical (unpaired) electrons. The Labute approximate surface area is 165 Å². The normalized spacial score (nSPS) is 20.5. The van der Waals surface area contributed by atoms with Gasteiger partial charge in [0, 0.05) is 12.1 Å². The van der Waals surface area contributed by atoms with Crippen LogP contribution in [0.2, 0.25) is 0 Å². The summed E-state index contributed by atoms with van der Waals surface area (Å²) in [5.74, 6) is 0.131. The van der Waals surface area contributed by atoms with E-state index in [-0.39, 0.29) is 5.91 Å². The van der Waals surface area contributed by atoms with Crippen LogP contribution in [-0.4, -0.2) is 32.8 Å². The fourth-order valence-electron chi connectivity index (χ4n) is 4.16. The summed E-state index contributed by atoms with van der Waals surface area (Å²) in [6, 6.07) is 14.3. The van der Waals surface area contributed by atoms with Crippen molar-refractivity contribution in [3.8, 4) is 5.75 Å². The van der Waals surface area contributed by atoms with Crippen LogP contribution >= 0.6 is 0 Å². The summed E-state index contributed by atoms with van der Waals surface area (Å²) in [6.45, 7) is 1.85. The molecular weight excluding hydrogens is 354 g/mol. The van der Waals surface area contributed by atoms with Crippen molar-refractivity contribution < 1.29 is 19.0 Å². The van der Waals surface area contributed by atoms with Gasteiger partial charge in [-0.15, -0.1) is 0 Å². The number of hydrogen-bond donors (Lipinski definition) is 0. The third-order valence-electron chi connectivity index (χ3n) is 5.81. The Morgan fingerprint density at radius 2 is 1.89 bits per heavy atom. The van der Waals surface area contributed by atoms with Crippen molar-refractivity contribution in [3.05, 3.63) is 59.2 Å². The van der Waals surface area contributed by atoms with Gasteiger partial charge in [-0.25, -0.2) is 0 Å². The van der Waals surface area contributed by atoms with Gasteiger partial charge in [0.05, 0.1) is 26.0 Å². The molecule has 0 N–H and O–H groups in total. The Hall–Kier alpha value is -2.37. The standard InChI is InChI=1S/C23H25NO4/c1-26-19-5-2-4-17(13-19)12-18-8-9-21-20(14-18)23(27-10-3-11-28-23)22(25)24(21)15-16-6-7-16/h2,4-5,8-9,13-14,16H,3,6-7,10-12,15H2,1H3. The van der Waals surface area contributed by atoms with Crippen molar-refractivity contribution in [2.24, 2.45) is 5.92 Å². The highest BCUT2D eigenvalue weighted by Crippen LogP contribution is 2.47. The van der Waals surface area contributed by atoms with E-state index in [9.17, 15) is 4.79 Å². The monoisotopic (exact) mass is 379 g/mol. The molecule has 1 amide bonds. The lowest BCUT2D eigenvalue weighted by atomic mass is 9.98. The van der Waals surface area contributed by atoms with Gasteiger partial charge in [-0.1, -0.05) is 18.2 Å². The van der Waals surface area contributed by atoms with Gasteiger partial charge in [-0.05, 0) is 67.0 Å². The first-order valence-electron chi connectivity index (χ1n) is 10.1. The molecule has 2 heterocycles. The minimum Gasteiger partial charge on any atom is -0.497 e. The Bertz CT molecular complexity index is 899. The molecule has 28 heavy (non-hydrogen) atoms. The predicted molar refractivity (Wildman–Crippen MR) is 106 cm³/mol. The number of ether oxygens (including phenoxy) is 3. The van der Waals surface area contributed by atoms with E-state index in [1.165, 1.54) is 12.8 Å². The van der Waals surface area contributed by atoms with Crippen LogP contribution < -0.4 is 9.64 Å². The average molecular weight is 379 g/mol. The summed E-state index contributed by atoms with van der Waals surface area (Å²) in [4.78, 5) is 15.2. The number of methoxy groups -OCH3 is 1. The molecule has 1 saturated carbocycles. The van der Waals surface area contributed by atoms with Crippen molar-refractivity contribution in [1.82, 2.24) is 0 Å². The molecule has 1 spiro atoms. The molecule has 0 unspecified atom stereocenters. The van der Waals surface area contributed by atoms with Crippen LogP contribution in [0, 0.1) is 5.92 Å². The molecular formula is C23H25NO4. The molecule has 0 atom stereocenters. The summed E-state index contributed by atoms with van der Waals surface area (Å²) in [6.07, 6.45) is 3.97. The highest BCUT2D eigenvalue weighted by atomic mass is 16.7. The second-order valence-electron chi connectivity index (χ2n) is 7.91. The molecule has 5 nitrogen and oxygen atoms in total. The fourth-order valence-corrected chi connectivity index (χ4v) is 4.16. The van der Waals surface area contributed by atoms with Crippen molar-refractivity contribution in [2.75, 3.05) is 31.8 Å². The molecule has 2 fully saturated rings. The van der Waals surface area contributed by atoms with E-state index < -0.39 is 5.79 Å². The third-order valence-corrected chi connectivity index (χ3v) is 5.81. The van der Waals surface area contributed by atoms with Gasteiger partial charge in [0.2, 0.25) is 0 Å². The number of nitrogens with zero attached hydrogens (tertiary/aromatic N) is 1. The zero-order valence-electron chi connectivity index (χ0n) is 16.1. The van der Waals surface area contributed by atoms with Crippen LogP contribution in [0.4, 0.5) is 5.69 Å². The zero-order valence-corrected chi connectivity index (χ0v) is 16.1. The summed E-state index contributed by atoms with van der Waals surface area (Å²) < 4.78 is 17.3. The number of benzene rings is 2. The quantitative estimate of drug-likeness (QED) is 0.796. The lowest BCUT2D eigenvalue weighted by Gasteiger charge is -2.32. The van der Waals surface area contributed by atoms with Crippen LogP contribution in [0.15, 0.2) is 42.5 Å². The van der Waals surface area contributed by atoms with E-state index in [4.69, 9.17) is 14.2 Å². The van der Waals surface area contributed by atoms with Gasteiger partial charge in [0.1, 0.15) is 5.75 Å². The topological polar surface area (TPSA) is 48.0 Å². The lowest BCUT2D eigenvalue weighted by molar-refractivity contribution is -0.256. The first-order chi connectivity index (χ1) is 13.7. The molecule has 0 bridgehead atoms. The zero-order chi connectivity index (χ0) is 19.1. The van der Waals surface area contributed by atoms with E-state index in [1.54, 1.807) is 7.11 Å². The minimum atomic E-state index is -1.26. The molecule has 1 saturated heterocycles. The van der Waals surface area contributed by atoms with E-state index in [2.05, 4.69) is 24.3 Å². The van der Waals surface area contributed by atoms with Crippen molar-refractivity contribution in [2.45, 2.75) is 31.5 Å². The smallest absolute Gasteiger partial charge is 0.292 e. The Morgan fingerprint density at radius 1 is 1.11 bits per heavy atom. The number of hydrogen-bond acceptors (Lipinski definition) is 4. The Kier molecular flexibility index (Phi) is 4.37. The SMILES string of the molecule is COc1cccc(Cc2ccc3c(c2)C2(OCCCO2)C(=O)N3CC2CC2)c1. The molecule has 3 aliphatic rings. The molecule has 2 aromatic carbocycles. The van der Waals surface area contributed by atoms with Gasteiger partial charge in [-0.2, -0.15) is 0 Å². The highest BCUT2D eigenvalue weighted by molar-refractivity contribution is 6.06. The van der Waals surface area contributed by atoms with Gasteiger partial charge in [-0.3, -0.25) is 4.79 Å². The molecule has 2 aliphatic heterocycles. The van der Waals surface area contributed by atoms with Crippen molar-refractivity contribution in [1.29, 1.82) is 0 Å². The summed E-state index contributed by atoms with van der Waals surface area (Å²) in [5, 5.41) is 0. The molecule has 5 rings (SSSR count). The van der Waals surface area contributed by atoms with Crippen molar-refractivity contribution >= 4 is 11.6 Å². The summed E-state index contributed by atoms with van der Waals surface area (Å²) >= 11 is 0. The highest BCUT2D eigenvalue weighted by Gasteiger charge is 2.55. The van der Waals surface area contributed by atoms with Crippen LogP contribution in [-0.2, 0) is 26.5 Å². The first-order valence-corrected chi connectivity index (χ1v) is 10.1. The maximum Gasteiger partial charge on any atom is 0.292 e. The van der Waals surface area contributed by atoms with Crippen LogP contribution in [0.3, 0.4) is 0 Å². The summed E-state index contributed by atoms with van der Waals surface area (Å²) in [7, 11) is 1.68. The van der Waals surface area contributed by atoms with Gasteiger partial charge in [0.25, 0.3) is 11.7 Å². The van der Waals surface area contributed by atoms with Crippen LogP contribution in [0.1, 0.15) is 36.0 Å². The largest absolute Gasteiger partial charge is 0.497 e. The molecule has 5 heteroatoms. The average Bonchev–Trinajstić information content (AvgIpc) is 3.53. The lowest BCUT2D eigenvalue weighted by Crippen LogP contribution is -2.47. The van der Waals surface area contributed by atoms with E-state index in [0.29, 0.717) is 19.1 Å². The third kappa shape index (κ3) is 2.99. The fraction of sp³-hybridized carbons (Fsp3) is 0.435. The number of anilines is 1. The van der Waals surface area contributed by atoms with Gasteiger partial charge >= 0.3 is 0 Å². The van der Waals surface area contributed by atoms with Crippen LogP contribution in [0.25, 0.3) is 0 Å². The number of amides is 1. The minimum absolute atomic E-state index is 0.0624. The molecule has 0 aromatic heterocycles. The first kappa shape index (κ1) is 17.7. The van der Waals surface area contributed by atoms with E-state index >= 15 is 0 Å². The van der Waals surface area contributed by atoms with Gasteiger partial charge < -0.3 is 19.1 Å². The molecule has 146 valence electrons. The molecule has 1 aliphatic carbocycles. The number of rotatable bonds is 5. The Morgan fingerprint density at radius 3 is 2.64 bits per heavy atom. The number of carbonyl (C=O) groups excluding carboxylic acids is 1. The maximum absolute atomic E-state index is 13.3. The Balaban J connectivity index is 1.51. The second kappa shape index (κ2) is 6.90. The molecule has 2 aromatic rings. The van der Waals surface area contributed by atoms with E-state index in [0.717, 1.165) is 47.5 Å². The number of carbonyl (C=O) groups is 1. The van der Waals surface area contributed by atoms with Crippen molar-refractivity contribution in [3.63, 3.8) is 0 Å². The second-order valence-corrected chi connectivity index (χ2v) is 7.91. The van der Waals surface area contributed by atoms with Crippen LogP contribution in [0.5, 0.6) is 5.75 Å².